The SMILES string of the molecule is COc1ccc(C2=NN([P+](=S)S)CC2)cc1. The molecule has 3 nitrogen and oxygen atoms in total. The Morgan fingerprint density at radius 1 is 1.44 bits per heavy atom. The van der Waals surface area contributed by atoms with Crippen LogP contribution in [0.1, 0.15) is 12.0 Å². The minimum absolute atomic E-state index is 0.829. The van der Waals surface area contributed by atoms with Crippen molar-refractivity contribution in [1.82, 2.24) is 4.78 Å². The predicted molar refractivity (Wildman–Crippen MR) is 74.1 cm³/mol. The maximum atomic E-state index is 5.12. The molecule has 0 fully saturated rings. The number of rotatable bonds is 3. The lowest BCUT2D eigenvalue weighted by Gasteiger charge is -2.01. The fourth-order valence-electron chi connectivity index (χ4n) is 1.55. The van der Waals surface area contributed by atoms with Gasteiger partial charge in [0.25, 0.3) is 0 Å². The summed E-state index contributed by atoms with van der Waals surface area (Å²) in [6.07, 6.45) is 0.933. The molecular formula is C10H12N2OPS2+. The van der Waals surface area contributed by atoms with Crippen LogP contribution in [0.5, 0.6) is 5.75 Å². The molecule has 0 saturated carbocycles. The van der Waals surface area contributed by atoms with Gasteiger partial charge in [-0.1, -0.05) is 4.78 Å². The maximum absolute atomic E-state index is 5.12. The smallest absolute Gasteiger partial charge is 0.382 e. The normalized spacial score (nSPS) is 16.0. The maximum Gasteiger partial charge on any atom is 0.382 e. The lowest BCUT2D eigenvalue weighted by atomic mass is 10.1. The molecule has 0 saturated heterocycles. The Hall–Kier alpha value is -0.640. The second kappa shape index (κ2) is 5.13. The summed E-state index contributed by atoms with van der Waals surface area (Å²) in [5.41, 5.74) is 2.21. The van der Waals surface area contributed by atoms with Gasteiger partial charge < -0.3 is 4.74 Å². The minimum atomic E-state index is -0.829. The summed E-state index contributed by atoms with van der Waals surface area (Å²) in [6, 6.07) is 7.09. The van der Waals surface area contributed by atoms with Crippen LogP contribution in [-0.2, 0) is 11.8 Å². The van der Waals surface area contributed by atoms with E-state index in [1.165, 1.54) is 0 Å². The van der Waals surface area contributed by atoms with Gasteiger partial charge in [-0.15, -0.1) is 5.10 Å². The lowest BCUT2D eigenvalue weighted by molar-refractivity contribution is 0.415. The van der Waals surface area contributed by atoms with Crippen molar-refractivity contribution in [3.05, 3.63) is 29.8 Å². The van der Waals surface area contributed by atoms with Gasteiger partial charge >= 0.3 is 6.05 Å². The van der Waals surface area contributed by atoms with E-state index in [9.17, 15) is 0 Å². The zero-order valence-corrected chi connectivity index (χ0v) is 11.4. The fourth-order valence-corrected chi connectivity index (χ4v) is 2.75. The van der Waals surface area contributed by atoms with Gasteiger partial charge in [0.2, 0.25) is 11.8 Å². The lowest BCUT2D eigenvalue weighted by Crippen LogP contribution is -1.99. The topological polar surface area (TPSA) is 24.8 Å². The molecule has 1 atom stereocenters. The molecular weight excluding hydrogens is 259 g/mol. The van der Waals surface area contributed by atoms with Crippen LogP contribution in [0, 0.1) is 0 Å². The van der Waals surface area contributed by atoms with Gasteiger partial charge in [0.05, 0.1) is 19.4 Å². The monoisotopic (exact) mass is 271 g/mol. The molecule has 1 aliphatic heterocycles. The highest BCUT2D eigenvalue weighted by molar-refractivity contribution is 8.55. The first-order valence-electron chi connectivity index (χ1n) is 4.86. The largest absolute Gasteiger partial charge is 0.497 e. The number of thiol groups is 1. The van der Waals surface area contributed by atoms with Crippen LogP contribution in [0.3, 0.4) is 0 Å². The summed E-state index contributed by atoms with van der Waals surface area (Å²) in [4.78, 5) is 0. The van der Waals surface area contributed by atoms with Crippen molar-refractivity contribution in [3.63, 3.8) is 0 Å². The molecule has 84 valence electrons. The zero-order chi connectivity index (χ0) is 11.5. The highest BCUT2D eigenvalue weighted by Gasteiger charge is 2.24. The molecule has 2 rings (SSSR count). The van der Waals surface area contributed by atoms with Gasteiger partial charge in [-0.2, -0.15) is 0 Å². The Labute approximate surface area is 106 Å². The van der Waals surface area contributed by atoms with E-state index in [2.05, 4.69) is 17.4 Å². The number of benzene rings is 1. The van der Waals surface area contributed by atoms with Crippen LogP contribution in [0.2, 0.25) is 0 Å². The Bertz CT molecular complexity index is 433. The van der Waals surface area contributed by atoms with Crippen LogP contribution in [-0.4, -0.2) is 24.1 Å². The number of hydrogen-bond donors (Lipinski definition) is 1. The van der Waals surface area contributed by atoms with E-state index < -0.39 is 6.05 Å². The van der Waals surface area contributed by atoms with Crippen molar-refractivity contribution in [2.75, 3.05) is 13.7 Å². The van der Waals surface area contributed by atoms with E-state index in [-0.39, 0.29) is 0 Å². The molecule has 1 aliphatic rings. The van der Waals surface area contributed by atoms with Gasteiger partial charge in [0, 0.05) is 6.42 Å². The van der Waals surface area contributed by atoms with Crippen LogP contribution >= 0.6 is 18.3 Å². The van der Waals surface area contributed by atoms with Crippen molar-refractivity contribution in [1.29, 1.82) is 0 Å². The third-order valence-corrected chi connectivity index (χ3v) is 4.27. The molecule has 0 bridgehead atoms. The average molecular weight is 271 g/mol. The second-order valence-corrected chi connectivity index (χ2v) is 7.33. The molecule has 0 radical (unpaired) electrons. The van der Waals surface area contributed by atoms with Crippen molar-refractivity contribution in [2.45, 2.75) is 6.42 Å². The van der Waals surface area contributed by atoms with Crippen molar-refractivity contribution < 1.29 is 4.74 Å². The van der Waals surface area contributed by atoms with E-state index in [4.69, 9.17) is 16.5 Å². The molecule has 1 aromatic rings. The van der Waals surface area contributed by atoms with Gasteiger partial charge in [-0.3, -0.25) is 0 Å². The van der Waals surface area contributed by atoms with Crippen LogP contribution in [0.25, 0.3) is 0 Å². The van der Waals surface area contributed by atoms with E-state index in [0.29, 0.717) is 0 Å². The van der Waals surface area contributed by atoms with Crippen molar-refractivity contribution in [2.24, 2.45) is 5.10 Å². The first-order valence-corrected chi connectivity index (χ1v) is 8.32. The summed E-state index contributed by atoms with van der Waals surface area (Å²) < 4.78 is 7.00. The van der Waals surface area contributed by atoms with Gasteiger partial charge in [-0.05, 0) is 29.8 Å². The highest BCUT2D eigenvalue weighted by atomic mass is 32.9. The summed E-state index contributed by atoms with van der Waals surface area (Å²) >= 11 is 9.37. The molecule has 0 N–H and O–H groups in total. The van der Waals surface area contributed by atoms with E-state index in [1.54, 1.807) is 7.11 Å². The molecule has 0 spiro atoms. The molecule has 6 heteroatoms. The Morgan fingerprint density at radius 2 is 2.12 bits per heavy atom. The molecule has 16 heavy (non-hydrogen) atoms. The zero-order valence-electron chi connectivity index (χ0n) is 8.83. The van der Waals surface area contributed by atoms with E-state index in [0.717, 1.165) is 30.0 Å². The molecule has 1 aromatic carbocycles. The third kappa shape index (κ3) is 2.54. The Balaban J connectivity index is 2.19. The van der Waals surface area contributed by atoms with Crippen LogP contribution in [0.4, 0.5) is 0 Å². The molecule has 0 aromatic heterocycles. The first kappa shape index (κ1) is 11.8. The molecule has 1 heterocycles. The quantitative estimate of drug-likeness (QED) is 0.676. The molecule has 0 aliphatic carbocycles. The Kier molecular flexibility index (Phi) is 3.79. The number of ether oxygens (including phenoxy) is 1. The van der Waals surface area contributed by atoms with E-state index >= 15 is 0 Å². The average Bonchev–Trinajstić information content (AvgIpc) is 2.78. The summed E-state index contributed by atoms with van der Waals surface area (Å²) in [5, 5.41) is 4.47. The standard InChI is InChI=1S/C10H11N2OPS2/c1-13-9-4-2-8(3-5-9)10-6-7-12(11-10)14(15)16/h2-5H,6-7H2,1H3/p+1. The summed E-state index contributed by atoms with van der Waals surface area (Å²) in [5.74, 6) is 0.860. The van der Waals surface area contributed by atoms with Crippen LogP contribution in [0.15, 0.2) is 29.4 Å². The Morgan fingerprint density at radius 3 is 2.62 bits per heavy atom. The predicted octanol–water partition coefficient (Wildman–Crippen LogP) is 2.81. The molecule has 1 unspecified atom stereocenters. The highest BCUT2D eigenvalue weighted by Crippen LogP contribution is 2.35. The van der Waals surface area contributed by atoms with Gasteiger partial charge in [0.1, 0.15) is 18.0 Å². The third-order valence-electron chi connectivity index (χ3n) is 2.41. The van der Waals surface area contributed by atoms with Gasteiger partial charge in [0.15, 0.2) is 0 Å². The summed E-state index contributed by atoms with van der Waals surface area (Å²) in [6.45, 7) is 0.875. The fraction of sp³-hybridized carbons (Fsp3) is 0.300. The minimum Gasteiger partial charge on any atom is -0.497 e. The molecule has 0 amide bonds. The van der Waals surface area contributed by atoms with Crippen LogP contribution < -0.4 is 4.74 Å². The van der Waals surface area contributed by atoms with E-state index in [1.807, 2.05) is 29.0 Å². The number of hydrogen-bond acceptors (Lipinski definition) is 3. The summed E-state index contributed by atoms with van der Waals surface area (Å²) in [7, 11) is 1.66. The number of methoxy groups -OCH3 is 1. The number of nitrogens with zero attached hydrogens (tertiary/aromatic N) is 2. The van der Waals surface area contributed by atoms with Crippen molar-refractivity contribution >= 4 is 35.8 Å². The second-order valence-electron chi connectivity index (χ2n) is 3.37. The van der Waals surface area contributed by atoms with Crippen molar-refractivity contribution in [3.8, 4) is 5.75 Å². The van der Waals surface area contributed by atoms with Gasteiger partial charge in [-0.25, -0.2) is 0 Å². The number of hydrazone groups is 1. The first-order chi connectivity index (χ1) is 7.70.